The number of guanidine groups is 1. The predicted molar refractivity (Wildman–Crippen MR) is 124 cm³/mol. The number of hydrogen-bond acceptors (Lipinski definition) is 2. The van der Waals surface area contributed by atoms with Gasteiger partial charge < -0.3 is 16.0 Å². The number of nitrogens with zero attached hydrogens (tertiary/aromatic N) is 1. The van der Waals surface area contributed by atoms with Crippen LogP contribution >= 0.6 is 24.0 Å². The topological polar surface area (TPSA) is 65.5 Å². The summed E-state index contributed by atoms with van der Waals surface area (Å²) in [6.45, 7) is 2.59. The first kappa shape index (κ1) is 25.7. The molecule has 3 N–H and O–H groups in total. The van der Waals surface area contributed by atoms with Crippen molar-refractivity contribution in [3.8, 4) is 0 Å². The molecule has 30 heavy (non-hydrogen) atoms. The van der Waals surface area contributed by atoms with Crippen LogP contribution in [0.25, 0.3) is 0 Å². The van der Waals surface area contributed by atoms with Crippen molar-refractivity contribution in [2.45, 2.75) is 39.0 Å². The van der Waals surface area contributed by atoms with E-state index in [1.165, 1.54) is 6.07 Å². The monoisotopic (exact) mass is 534 g/mol. The number of hydrogen-bond donors (Lipinski definition) is 3. The highest BCUT2D eigenvalue weighted by Gasteiger charge is 2.30. The van der Waals surface area contributed by atoms with Gasteiger partial charge in [-0.15, -0.1) is 24.0 Å². The summed E-state index contributed by atoms with van der Waals surface area (Å²) in [6.07, 6.45) is -3.12. The van der Waals surface area contributed by atoms with E-state index in [9.17, 15) is 18.0 Å². The third kappa shape index (κ3) is 8.60. The number of rotatable bonds is 7. The molecule has 0 radical (unpaired) electrons. The molecule has 1 amide bonds. The largest absolute Gasteiger partial charge is 0.416 e. The van der Waals surface area contributed by atoms with E-state index in [-0.39, 0.29) is 36.4 Å². The summed E-state index contributed by atoms with van der Waals surface area (Å²) >= 11 is 0. The lowest BCUT2D eigenvalue weighted by molar-refractivity contribution is -0.137. The molecule has 0 saturated carbocycles. The van der Waals surface area contributed by atoms with Gasteiger partial charge >= 0.3 is 6.18 Å². The van der Waals surface area contributed by atoms with Gasteiger partial charge in [0.1, 0.15) is 0 Å². The zero-order valence-electron chi connectivity index (χ0n) is 16.8. The molecule has 0 fully saturated rings. The minimum atomic E-state index is -4.37. The van der Waals surface area contributed by atoms with Crippen LogP contribution in [0.3, 0.4) is 0 Å². The van der Waals surface area contributed by atoms with Crippen molar-refractivity contribution in [3.63, 3.8) is 0 Å². The minimum absolute atomic E-state index is 0. The van der Waals surface area contributed by atoms with E-state index < -0.39 is 11.7 Å². The van der Waals surface area contributed by atoms with Gasteiger partial charge in [0.15, 0.2) is 5.96 Å². The first-order chi connectivity index (χ1) is 13.8. The van der Waals surface area contributed by atoms with Crippen LogP contribution in [0.15, 0.2) is 53.5 Å². The number of carbonyl (C=O) groups is 1. The summed E-state index contributed by atoms with van der Waals surface area (Å²) in [5.41, 5.74) is 1.47. The molecule has 164 valence electrons. The van der Waals surface area contributed by atoms with Crippen LogP contribution in [0.4, 0.5) is 18.9 Å². The van der Waals surface area contributed by atoms with Crippen LogP contribution in [0, 0.1) is 0 Å². The second-order valence-electron chi connectivity index (χ2n) is 6.48. The average Bonchev–Trinajstić information content (AvgIpc) is 2.68. The Morgan fingerprint density at radius 2 is 1.60 bits per heavy atom. The molecule has 2 aromatic carbocycles. The lowest BCUT2D eigenvalue weighted by Gasteiger charge is -2.14. The van der Waals surface area contributed by atoms with Crippen molar-refractivity contribution >= 4 is 41.5 Å². The average molecular weight is 534 g/mol. The van der Waals surface area contributed by atoms with E-state index in [1.807, 2.05) is 31.2 Å². The highest BCUT2D eigenvalue weighted by atomic mass is 127. The molecule has 2 rings (SSSR count). The maximum atomic E-state index is 12.8. The molecule has 0 heterocycles. The highest BCUT2D eigenvalue weighted by molar-refractivity contribution is 14.0. The minimum Gasteiger partial charge on any atom is -0.352 e. The lowest BCUT2D eigenvalue weighted by atomic mass is 10.1. The highest BCUT2D eigenvalue weighted by Crippen LogP contribution is 2.29. The van der Waals surface area contributed by atoms with Crippen LogP contribution in [-0.4, -0.2) is 18.9 Å². The first-order valence-electron chi connectivity index (χ1n) is 9.31. The van der Waals surface area contributed by atoms with Gasteiger partial charge in [0.05, 0.1) is 5.56 Å². The number of halogens is 4. The third-order valence-electron chi connectivity index (χ3n) is 4.09. The van der Waals surface area contributed by atoms with Gasteiger partial charge in [-0.3, -0.25) is 9.79 Å². The van der Waals surface area contributed by atoms with Crippen molar-refractivity contribution in [1.82, 2.24) is 10.6 Å². The molecule has 0 atom stereocenters. The van der Waals surface area contributed by atoms with Crippen molar-refractivity contribution in [3.05, 3.63) is 65.2 Å². The van der Waals surface area contributed by atoms with Gasteiger partial charge in [-0.2, -0.15) is 13.2 Å². The van der Waals surface area contributed by atoms with E-state index >= 15 is 0 Å². The normalized spacial score (nSPS) is 11.4. The van der Waals surface area contributed by atoms with E-state index in [0.29, 0.717) is 24.5 Å². The fourth-order valence-corrected chi connectivity index (χ4v) is 2.66. The van der Waals surface area contributed by atoms with Crippen LogP contribution < -0.4 is 16.0 Å². The molecule has 0 saturated heterocycles. The summed E-state index contributed by atoms with van der Waals surface area (Å²) in [7, 11) is 1.59. The van der Waals surface area contributed by atoms with Crippen LogP contribution in [0.2, 0.25) is 0 Å². The number of benzene rings is 2. The van der Waals surface area contributed by atoms with Crippen molar-refractivity contribution in [1.29, 1.82) is 0 Å². The Kier molecular flexibility index (Phi) is 10.6. The number of anilines is 1. The molecule has 0 unspecified atom stereocenters. The summed E-state index contributed by atoms with van der Waals surface area (Å²) in [4.78, 5) is 15.8. The molecule has 0 aromatic heterocycles. The Hall–Kier alpha value is -2.30. The molecular weight excluding hydrogens is 508 g/mol. The summed E-state index contributed by atoms with van der Waals surface area (Å²) in [5, 5.41) is 8.95. The lowest BCUT2D eigenvalue weighted by Crippen LogP contribution is -2.36. The van der Waals surface area contributed by atoms with Crippen LogP contribution in [0.1, 0.15) is 36.5 Å². The molecule has 0 aliphatic heterocycles. The van der Waals surface area contributed by atoms with E-state index in [0.717, 1.165) is 29.8 Å². The quantitative estimate of drug-likeness (QED) is 0.268. The molecule has 0 aliphatic rings. The number of nitrogens with one attached hydrogen (secondary N) is 3. The van der Waals surface area contributed by atoms with Gasteiger partial charge in [0.25, 0.3) is 0 Å². The Morgan fingerprint density at radius 1 is 1.00 bits per heavy atom. The van der Waals surface area contributed by atoms with Crippen molar-refractivity contribution < 1.29 is 18.0 Å². The second kappa shape index (κ2) is 12.4. The Morgan fingerprint density at radius 3 is 2.17 bits per heavy atom. The summed E-state index contributed by atoms with van der Waals surface area (Å²) in [6, 6.07) is 12.6. The van der Waals surface area contributed by atoms with E-state index in [1.54, 1.807) is 13.1 Å². The van der Waals surface area contributed by atoms with Gasteiger partial charge in [-0.25, -0.2) is 0 Å². The predicted octanol–water partition coefficient (Wildman–Crippen LogP) is 4.93. The molecular formula is C21H26F3IN4O. The van der Waals surface area contributed by atoms with Gasteiger partial charge in [0.2, 0.25) is 5.91 Å². The number of alkyl halides is 3. The zero-order valence-corrected chi connectivity index (χ0v) is 19.2. The van der Waals surface area contributed by atoms with Gasteiger partial charge in [0, 0.05) is 32.2 Å². The maximum absolute atomic E-state index is 12.8. The van der Waals surface area contributed by atoms with Crippen LogP contribution in [-0.2, 0) is 24.1 Å². The van der Waals surface area contributed by atoms with E-state index in [2.05, 4.69) is 20.9 Å². The maximum Gasteiger partial charge on any atom is 0.416 e. The van der Waals surface area contributed by atoms with Gasteiger partial charge in [-0.05, 0) is 41.8 Å². The first-order valence-corrected chi connectivity index (χ1v) is 9.31. The summed E-state index contributed by atoms with van der Waals surface area (Å²) < 4.78 is 38.4. The van der Waals surface area contributed by atoms with Crippen LogP contribution in [0.5, 0.6) is 0 Å². The fourth-order valence-electron chi connectivity index (χ4n) is 2.66. The molecule has 2 aromatic rings. The van der Waals surface area contributed by atoms with Crippen molar-refractivity contribution in [2.75, 3.05) is 12.4 Å². The molecule has 0 aliphatic carbocycles. The fraction of sp³-hybridized carbons (Fsp3) is 0.333. The molecule has 5 nitrogen and oxygen atoms in total. The Labute approximate surface area is 191 Å². The smallest absolute Gasteiger partial charge is 0.352 e. The standard InChI is InChI=1S/C21H25F3N4O.HI/c1-3-6-19(29)28-18-10-5-8-16(12-18)14-27-20(25-2)26-13-15-7-4-9-17(11-15)21(22,23)24;/h4-5,7-12H,3,6,13-14H2,1-2H3,(H,28,29)(H2,25,26,27);1H. The number of carbonyl (C=O) groups excluding carboxylic acids is 1. The molecule has 9 heteroatoms. The van der Waals surface area contributed by atoms with Crippen molar-refractivity contribution in [2.24, 2.45) is 4.99 Å². The zero-order chi connectivity index (χ0) is 21.3. The number of aliphatic imine (C=N–C) groups is 1. The SMILES string of the molecule is CCCC(=O)Nc1cccc(CNC(=NC)NCc2cccc(C(F)(F)F)c2)c1.I. The van der Waals surface area contributed by atoms with E-state index in [4.69, 9.17) is 0 Å². The molecule has 0 bridgehead atoms. The number of amides is 1. The second-order valence-corrected chi connectivity index (χ2v) is 6.48. The summed E-state index contributed by atoms with van der Waals surface area (Å²) in [5.74, 6) is 0.430. The molecule has 0 spiro atoms. The van der Waals surface area contributed by atoms with Gasteiger partial charge in [-0.1, -0.05) is 31.2 Å². The third-order valence-corrected chi connectivity index (χ3v) is 4.09. The Balaban J connectivity index is 0.00000450. The Bertz CT molecular complexity index is 856.